The van der Waals surface area contributed by atoms with E-state index in [-0.39, 0.29) is 94.9 Å². The molecule has 2 aliphatic rings. The van der Waals surface area contributed by atoms with Gasteiger partial charge in [-0.2, -0.15) is 4.57 Å². The second-order valence-corrected chi connectivity index (χ2v) is 31.6. The van der Waals surface area contributed by atoms with E-state index in [1.165, 1.54) is 79.1 Å². The number of halogens is 3. The number of hydrogen-bond acceptors (Lipinski definition) is 11. The second-order valence-electron chi connectivity index (χ2n) is 31.6. The standard InChI is InChI=1S/C26H17N2.C24H17FN.C20H14N.C18H12NO2.C15H12F2N3.2C5H8O2.3Ir/c1-2-8-19(9-3-1)21-16-22(25-12-6-7-14-27-25)18-23(17-21)26-24-11-5-4-10-20(24)13-15-28-26;1-24(2)19-12-6-10-16-18(15-8-4-3-5-9-15)14-26-23(21(16)19)17-11-7-13-20(25)22(17)24;1-14-13-20(21-19-12-5-4-9-16(14)19)18-11-6-8-15-7-2-3-10-17(15)18;20-18(21)17-12-15(13-7-3-1-4-8-13)11-16(19-17)14-9-5-2-6-10-14;1-18-15-11(16)6-9-8-20-5-4-10(19(2)3)7-12(20)13(9)14(15)17;2*1-4(6)3-5(2)7;;;/h1-17H;3-10,12-14H,1-2H3;2-10,12-13H,1H3;1-9,11-12H,(H,20,21);4-7H,8H2,2-3H3;2*3,6H,1-2H3;;;/q4*-1;+1;;;;;. The van der Waals surface area contributed by atoms with Crippen LogP contribution in [0, 0.1) is 55.2 Å². The minimum absolute atomic E-state index is 0. The third-order valence-corrected chi connectivity index (χ3v) is 21.7. The van der Waals surface area contributed by atoms with Crippen molar-refractivity contribution >= 4 is 72.1 Å². The van der Waals surface area contributed by atoms with Crippen LogP contribution in [-0.4, -0.2) is 71.9 Å². The number of para-hydroxylation sites is 1. The number of pyridine rings is 6. The van der Waals surface area contributed by atoms with E-state index < -0.39 is 28.7 Å². The Morgan fingerprint density at radius 1 is 0.496 bits per heavy atom. The van der Waals surface area contributed by atoms with Crippen molar-refractivity contribution in [3.63, 3.8) is 0 Å². The van der Waals surface area contributed by atoms with Gasteiger partial charge < -0.3 is 25.2 Å². The number of aryl methyl sites for hydroxylation is 1. The van der Waals surface area contributed by atoms with Crippen molar-refractivity contribution in [1.82, 2.24) is 24.9 Å². The van der Waals surface area contributed by atoms with Gasteiger partial charge in [-0.05, 0) is 142 Å². The van der Waals surface area contributed by atoms with Crippen LogP contribution in [0.2, 0.25) is 0 Å². The third-order valence-electron chi connectivity index (χ3n) is 21.7. The molecule has 0 fully saturated rings. The topological polar surface area (TPSA) is 188 Å². The van der Waals surface area contributed by atoms with Crippen molar-refractivity contribution in [2.24, 2.45) is 0 Å². The molecule has 0 saturated heterocycles. The molecule has 1 aliphatic heterocycles. The summed E-state index contributed by atoms with van der Waals surface area (Å²) in [6, 6.07) is 112. The van der Waals surface area contributed by atoms with Crippen molar-refractivity contribution < 1.29 is 108 Å². The zero-order valence-corrected chi connectivity index (χ0v) is 81.0. The van der Waals surface area contributed by atoms with Crippen molar-refractivity contribution in [3.05, 3.63) is 433 Å². The van der Waals surface area contributed by atoms with E-state index in [1.54, 1.807) is 18.2 Å². The fourth-order valence-corrected chi connectivity index (χ4v) is 15.8. The van der Waals surface area contributed by atoms with Gasteiger partial charge in [0.2, 0.25) is 5.69 Å². The molecule has 6 aromatic heterocycles. The van der Waals surface area contributed by atoms with E-state index in [9.17, 15) is 32.7 Å². The van der Waals surface area contributed by atoms with Crippen LogP contribution in [0.1, 0.15) is 74.3 Å². The summed E-state index contributed by atoms with van der Waals surface area (Å²) >= 11 is 0. The van der Waals surface area contributed by atoms with Crippen LogP contribution in [0.3, 0.4) is 0 Å². The molecule has 20 heteroatoms. The molecule has 0 amide bonds. The van der Waals surface area contributed by atoms with Crippen LogP contribution in [0.25, 0.3) is 149 Å². The van der Waals surface area contributed by atoms with Crippen molar-refractivity contribution in [2.75, 3.05) is 19.0 Å². The molecule has 0 atom stereocenters. The molecule has 12 aromatic carbocycles. The zero-order chi connectivity index (χ0) is 91.7. The number of rotatable bonds is 11. The van der Waals surface area contributed by atoms with E-state index in [4.69, 9.17) is 31.7 Å². The largest absolute Gasteiger partial charge is 0.512 e. The summed E-state index contributed by atoms with van der Waals surface area (Å²) in [6.45, 7) is 19.3. The quantitative estimate of drug-likeness (QED) is 0.0482. The molecule has 133 heavy (non-hydrogen) atoms. The zero-order valence-electron chi connectivity index (χ0n) is 73.8. The normalized spacial score (nSPS) is 11.4. The van der Waals surface area contributed by atoms with Gasteiger partial charge in [-0.3, -0.25) is 29.5 Å². The molecule has 14 nitrogen and oxygen atoms in total. The van der Waals surface area contributed by atoms with Gasteiger partial charge in [-0.15, -0.1) is 107 Å². The maximum atomic E-state index is 14.7. The average Bonchev–Trinajstić information content (AvgIpc) is 1.31. The number of carboxylic acids is 1. The summed E-state index contributed by atoms with van der Waals surface area (Å²) < 4.78 is 44.6. The summed E-state index contributed by atoms with van der Waals surface area (Å²) in [6.07, 6.45) is 9.76. The van der Waals surface area contributed by atoms with E-state index in [0.29, 0.717) is 34.6 Å². The number of aliphatic hydroxyl groups is 2. The molecule has 667 valence electrons. The Labute approximate surface area is 811 Å². The van der Waals surface area contributed by atoms with Crippen LogP contribution >= 0.6 is 0 Å². The van der Waals surface area contributed by atoms with Crippen LogP contribution in [0.15, 0.2) is 352 Å². The van der Waals surface area contributed by atoms with E-state index in [1.807, 2.05) is 182 Å². The first kappa shape index (κ1) is 99.1. The molecule has 3 radical (unpaired) electrons. The molecule has 0 unspecified atom stereocenters. The third kappa shape index (κ3) is 23.5. The van der Waals surface area contributed by atoms with Crippen LogP contribution in [0.4, 0.5) is 24.5 Å². The number of nitrogens with zero attached hydrogens (tertiary/aromatic N) is 8. The summed E-state index contributed by atoms with van der Waals surface area (Å²) in [7, 11) is 3.79. The van der Waals surface area contributed by atoms with E-state index >= 15 is 0 Å². The minimum atomic E-state index is -1.04. The van der Waals surface area contributed by atoms with Gasteiger partial charge in [0.15, 0.2) is 24.3 Å². The Morgan fingerprint density at radius 3 is 1.70 bits per heavy atom. The Kier molecular flexibility index (Phi) is 33.8. The number of anilines is 1. The van der Waals surface area contributed by atoms with Crippen LogP contribution < -0.4 is 9.47 Å². The first-order chi connectivity index (χ1) is 62.8. The number of carbonyl (C=O) groups excluding carboxylic acids is 2. The van der Waals surface area contributed by atoms with Gasteiger partial charge in [0.1, 0.15) is 17.3 Å². The van der Waals surface area contributed by atoms with Gasteiger partial charge in [0, 0.05) is 157 Å². The molecule has 20 rings (SSSR count). The number of hydrogen-bond donors (Lipinski definition) is 3. The molecular weight excluding hydrogens is 2200 g/mol. The number of aromatic nitrogens is 6. The van der Waals surface area contributed by atoms with Gasteiger partial charge in [0.25, 0.3) is 5.69 Å². The Balaban J connectivity index is 0.000000154. The Bertz CT molecular complexity index is 7210. The smallest absolute Gasteiger partial charge is 0.353 e. The molecule has 0 saturated carbocycles. The SMILES string of the molecule is CC(=O)C=C(C)O.CC(=O)C=C(C)O.CC1(C)c2c([c-]ccc2F)-c2ncc(-c3ccccc3)c3cccc1c23.Cc1cc(-c2[c-]ccc3ccccc23)nc2ccccc12.O=C(O)c1cc(-c2ccccc2)cc(-c2[c-]cccc2)n1.[C-]#[N+]c1c(F)cc2c(c1F)-c1cc(N(C)C)cc[n+]1C2.[Ir].[Ir].[Ir].[c-]1c(-c2ccccn2)cc(-c2ccccc2)cc1-c1nccc2ccccc12. The molecule has 18 aromatic rings. The fraction of sp³-hybridized carbons (Fsp3) is 0.0973. The number of carbonyl (C=O) groups is 3. The first-order valence-electron chi connectivity index (χ1n) is 41.8. The van der Waals surface area contributed by atoms with Crippen molar-refractivity contribution in [3.8, 4) is 101 Å². The number of carboxylic acid groups (broad SMARTS) is 1. The van der Waals surface area contributed by atoms with Gasteiger partial charge in [-0.1, -0.05) is 242 Å². The maximum Gasteiger partial charge on any atom is 0.353 e. The number of aliphatic hydroxyl groups excluding tert-OH is 2. The fourth-order valence-electron chi connectivity index (χ4n) is 15.8. The van der Waals surface area contributed by atoms with Gasteiger partial charge >= 0.3 is 5.97 Å². The first-order valence-corrected chi connectivity index (χ1v) is 41.8. The maximum absolute atomic E-state index is 14.7. The number of ketones is 2. The minimum Gasteiger partial charge on any atom is -0.512 e. The average molecular weight is 2290 g/mol. The summed E-state index contributed by atoms with van der Waals surface area (Å²) in [5.41, 5.74) is 20.8. The van der Waals surface area contributed by atoms with E-state index in [0.717, 1.165) is 117 Å². The summed E-state index contributed by atoms with van der Waals surface area (Å²) in [5.74, 6) is -2.92. The number of fused-ring (bicyclic) bond motifs is 8. The van der Waals surface area contributed by atoms with Crippen LogP contribution in [0.5, 0.6) is 0 Å². The molecule has 7 heterocycles. The predicted molar refractivity (Wildman–Crippen MR) is 513 cm³/mol. The Hall–Kier alpha value is -14.5. The number of benzene rings is 12. The number of aromatic carboxylic acids is 1. The molecule has 0 bridgehead atoms. The van der Waals surface area contributed by atoms with Gasteiger partial charge in [0.05, 0.1) is 29.2 Å². The molecule has 1 aliphatic carbocycles. The van der Waals surface area contributed by atoms with Gasteiger partial charge in [-0.25, -0.2) is 22.8 Å². The molecular formula is C113H88F3Ir3N8O6-3. The monoisotopic (exact) mass is 2290 g/mol. The summed E-state index contributed by atoms with van der Waals surface area (Å²) in [5, 5.41) is 34.2. The second kappa shape index (κ2) is 45.4. The molecule has 0 spiro atoms. The Morgan fingerprint density at radius 2 is 1.08 bits per heavy atom. The molecule has 3 N–H and O–H groups in total. The summed E-state index contributed by atoms with van der Waals surface area (Å²) in [4.78, 5) is 59.2. The van der Waals surface area contributed by atoms with Crippen LogP contribution in [-0.2, 0) is 81.9 Å². The predicted octanol–water partition coefficient (Wildman–Crippen LogP) is 26.6. The number of allylic oxidation sites excluding steroid dienone is 4. The van der Waals surface area contributed by atoms with Crippen molar-refractivity contribution in [2.45, 2.75) is 60.4 Å². The van der Waals surface area contributed by atoms with E-state index in [2.05, 4.69) is 199 Å². The van der Waals surface area contributed by atoms with Crippen molar-refractivity contribution in [1.29, 1.82) is 0 Å².